The van der Waals surface area contributed by atoms with Crippen molar-refractivity contribution in [3.05, 3.63) is 45.5 Å². The van der Waals surface area contributed by atoms with E-state index in [9.17, 15) is 14.3 Å². The molecular weight excluding hydrogens is 261 g/mol. The van der Waals surface area contributed by atoms with Gasteiger partial charge in [0.2, 0.25) is 0 Å². The molecule has 0 amide bonds. The fourth-order valence-corrected chi connectivity index (χ4v) is 2.38. The highest BCUT2D eigenvalue weighted by molar-refractivity contribution is 5.82. The number of hydrogen-bond acceptors (Lipinski definition) is 3. The Hall–Kier alpha value is -1.72. The lowest BCUT2D eigenvalue weighted by molar-refractivity contribution is 0.151. The van der Waals surface area contributed by atoms with Crippen LogP contribution in [0.2, 0.25) is 0 Å². The molecular formula is C15H18FNO3. The van der Waals surface area contributed by atoms with E-state index in [2.05, 4.69) is 0 Å². The molecule has 0 saturated heterocycles. The summed E-state index contributed by atoms with van der Waals surface area (Å²) in [4.78, 5) is 12.0. The Morgan fingerprint density at radius 2 is 2.10 bits per heavy atom. The zero-order valence-electron chi connectivity index (χ0n) is 11.6. The van der Waals surface area contributed by atoms with Crippen LogP contribution in [0.25, 0.3) is 10.9 Å². The molecule has 2 aromatic rings. The quantitative estimate of drug-likeness (QED) is 0.848. The first-order chi connectivity index (χ1) is 9.58. The summed E-state index contributed by atoms with van der Waals surface area (Å²) in [5.74, 6) is -0.433. The smallest absolute Gasteiger partial charge is 0.189 e. The lowest BCUT2D eigenvalue weighted by atomic mass is 10.1. The Labute approximate surface area is 116 Å². The van der Waals surface area contributed by atoms with E-state index in [4.69, 9.17) is 4.74 Å². The Morgan fingerprint density at radius 1 is 1.35 bits per heavy atom. The summed E-state index contributed by atoms with van der Waals surface area (Å²) in [6, 6.07) is 4.00. The Kier molecular flexibility index (Phi) is 4.52. The van der Waals surface area contributed by atoms with Gasteiger partial charge in [-0.15, -0.1) is 0 Å². The molecule has 0 unspecified atom stereocenters. The van der Waals surface area contributed by atoms with Crippen LogP contribution in [-0.4, -0.2) is 22.9 Å². The van der Waals surface area contributed by atoms with Crippen molar-refractivity contribution in [1.29, 1.82) is 0 Å². The minimum absolute atomic E-state index is 0.232. The van der Waals surface area contributed by atoms with Gasteiger partial charge in [-0.25, -0.2) is 4.39 Å². The Balaban J connectivity index is 2.66. The number of aliphatic hydroxyl groups is 1. The van der Waals surface area contributed by atoms with Crippen molar-refractivity contribution >= 4 is 10.9 Å². The maximum atomic E-state index is 13.7. The number of benzene rings is 1. The summed E-state index contributed by atoms with van der Waals surface area (Å²) in [6.45, 7) is 2.72. The molecule has 1 N–H and O–H groups in total. The maximum absolute atomic E-state index is 13.7. The van der Waals surface area contributed by atoms with Crippen LogP contribution in [-0.2, 0) is 24.8 Å². The third kappa shape index (κ3) is 2.73. The summed E-state index contributed by atoms with van der Waals surface area (Å²) < 4.78 is 20.7. The fraction of sp³-hybridized carbons (Fsp3) is 0.400. The van der Waals surface area contributed by atoms with E-state index in [0.29, 0.717) is 41.8 Å². The van der Waals surface area contributed by atoms with E-state index in [1.54, 1.807) is 11.6 Å². The first-order valence-electron chi connectivity index (χ1n) is 6.58. The van der Waals surface area contributed by atoms with Gasteiger partial charge in [-0.3, -0.25) is 4.79 Å². The van der Waals surface area contributed by atoms with Gasteiger partial charge >= 0.3 is 0 Å². The highest BCUT2D eigenvalue weighted by atomic mass is 19.1. The van der Waals surface area contributed by atoms with E-state index in [-0.39, 0.29) is 12.0 Å². The van der Waals surface area contributed by atoms with Gasteiger partial charge in [-0.1, -0.05) is 0 Å². The van der Waals surface area contributed by atoms with Crippen LogP contribution in [0.1, 0.15) is 18.2 Å². The monoisotopic (exact) mass is 279 g/mol. The Morgan fingerprint density at radius 3 is 2.75 bits per heavy atom. The van der Waals surface area contributed by atoms with Crippen molar-refractivity contribution in [2.24, 2.45) is 7.05 Å². The molecule has 0 saturated carbocycles. The molecule has 20 heavy (non-hydrogen) atoms. The predicted molar refractivity (Wildman–Crippen MR) is 75.3 cm³/mol. The van der Waals surface area contributed by atoms with Crippen LogP contribution >= 0.6 is 0 Å². The molecule has 108 valence electrons. The number of aliphatic hydroxyl groups excluding tert-OH is 1. The minimum atomic E-state index is -0.433. The van der Waals surface area contributed by atoms with Gasteiger partial charge in [0.15, 0.2) is 5.43 Å². The van der Waals surface area contributed by atoms with E-state index in [0.717, 1.165) is 0 Å². The predicted octanol–water partition coefficient (Wildman–Crippen LogP) is 1.75. The van der Waals surface area contributed by atoms with E-state index >= 15 is 0 Å². The third-order valence-electron chi connectivity index (χ3n) is 3.36. The third-order valence-corrected chi connectivity index (χ3v) is 3.36. The normalized spacial score (nSPS) is 11.2. The second kappa shape index (κ2) is 6.15. The highest BCUT2D eigenvalue weighted by Crippen LogP contribution is 2.20. The molecule has 0 aliphatic heterocycles. The molecule has 1 aromatic carbocycles. The molecule has 0 atom stereocenters. The molecule has 5 heteroatoms. The van der Waals surface area contributed by atoms with Crippen molar-refractivity contribution in [2.75, 3.05) is 13.2 Å². The van der Waals surface area contributed by atoms with Crippen LogP contribution in [0, 0.1) is 5.82 Å². The molecule has 0 spiro atoms. The maximum Gasteiger partial charge on any atom is 0.189 e. The zero-order valence-corrected chi connectivity index (χ0v) is 11.6. The standard InChI is InChI=1S/C15H18FNO3/c1-3-20-5-4-10-6-11(16)7-13-14(19)8-12(9-18)17(2)15(10)13/h6-8,18H,3-5,9H2,1-2H3. The molecule has 4 nitrogen and oxygen atoms in total. The molecule has 0 aliphatic carbocycles. The summed E-state index contributed by atoms with van der Waals surface area (Å²) in [7, 11) is 1.76. The molecule has 1 heterocycles. The van der Waals surface area contributed by atoms with E-state index in [1.807, 2.05) is 6.92 Å². The molecule has 0 radical (unpaired) electrons. The number of fused-ring (bicyclic) bond motifs is 1. The molecule has 0 bridgehead atoms. The first kappa shape index (κ1) is 14.7. The van der Waals surface area contributed by atoms with Crippen molar-refractivity contribution in [3.8, 4) is 0 Å². The number of ether oxygens (including phenoxy) is 1. The van der Waals surface area contributed by atoms with Crippen molar-refractivity contribution in [1.82, 2.24) is 4.57 Å². The lowest BCUT2D eigenvalue weighted by Crippen LogP contribution is -2.14. The van der Waals surface area contributed by atoms with Crippen LogP contribution < -0.4 is 5.43 Å². The Bertz CT molecular complexity index is 679. The summed E-state index contributed by atoms with van der Waals surface area (Å²) >= 11 is 0. The van der Waals surface area contributed by atoms with Gasteiger partial charge < -0.3 is 14.4 Å². The van der Waals surface area contributed by atoms with Crippen molar-refractivity contribution in [3.63, 3.8) is 0 Å². The minimum Gasteiger partial charge on any atom is -0.390 e. The van der Waals surface area contributed by atoms with Gasteiger partial charge in [0.05, 0.1) is 18.7 Å². The van der Waals surface area contributed by atoms with Gasteiger partial charge in [0.1, 0.15) is 5.82 Å². The lowest BCUT2D eigenvalue weighted by Gasteiger charge is -2.14. The average molecular weight is 279 g/mol. The largest absolute Gasteiger partial charge is 0.390 e. The van der Waals surface area contributed by atoms with Gasteiger partial charge in [0, 0.05) is 30.8 Å². The SMILES string of the molecule is CCOCCc1cc(F)cc2c(=O)cc(CO)n(C)c12. The number of aromatic nitrogens is 1. The number of pyridine rings is 1. The molecule has 0 aliphatic rings. The zero-order chi connectivity index (χ0) is 14.7. The number of hydrogen-bond donors (Lipinski definition) is 1. The highest BCUT2D eigenvalue weighted by Gasteiger charge is 2.12. The van der Waals surface area contributed by atoms with Crippen molar-refractivity contribution in [2.45, 2.75) is 20.0 Å². The average Bonchev–Trinajstić information content (AvgIpc) is 2.42. The fourth-order valence-electron chi connectivity index (χ4n) is 2.38. The second-order valence-electron chi connectivity index (χ2n) is 4.63. The van der Waals surface area contributed by atoms with Crippen LogP contribution in [0.3, 0.4) is 0 Å². The van der Waals surface area contributed by atoms with Gasteiger partial charge in [-0.05, 0) is 31.0 Å². The van der Waals surface area contributed by atoms with Gasteiger partial charge in [0.25, 0.3) is 0 Å². The molecule has 2 rings (SSSR count). The number of nitrogens with zero attached hydrogens (tertiary/aromatic N) is 1. The summed E-state index contributed by atoms with van der Waals surface area (Å²) in [5.41, 5.74) is 1.59. The second-order valence-corrected chi connectivity index (χ2v) is 4.63. The van der Waals surface area contributed by atoms with Crippen LogP contribution in [0.15, 0.2) is 23.0 Å². The van der Waals surface area contributed by atoms with Crippen molar-refractivity contribution < 1.29 is 14.2 Å². The molecule has 1 aromatic heterocycles. The van der Waals surface area contributed by atoms with Crippen LogP contribution in [0.5, 0.6) is 0 Å². The summed E-state index contributed by atoms with van der Waals surface area (Å²) in [5, 5.41) is 9.63. The van der Waals surface area contributed by atoms with E-state index < -0.39 is 5.82 Å². The number of rotatable bonds is 5. The van der Waals surface area contributed by atoms with Crippen LogP contribution in [0.4, 0.5) is 4.39 Å². The van der Waals surface area contributed by atoms with Gasteiger partial charge in [-0.2, -0.15) is 0 Å². The molecule has 0 fully saturated rings. The topological polar surface area (TPSA) is 51.5 Å². The summed E-state index contributed by atoms with van der Waals surface area (Å²) in [6.07, 6.45) is 0.518. The first-order valence-corrected chi connectivity index (χ1v) is 6.58. The van der Waals surface area contributed by atoms with E-state index in [1.165, 1.54) is 18.2 Å². The number of halogens is 1. The number of aryl methyl sites for hydroxylation is 1.